The molecule has 0 unspecified atom stereocenters. The van der Waals surface area contributed by atoms with Gasteiger partial charge in [-0.05, 0) is 38.5 Å². The molecule has 2 heterocycles. The number of aryl methyl sites for hydroxylation is 2. The average molecular weight is 317 g/mol. The predicted molar refractivity (Wildman–Crippen MR) is 83.6 cm³/mol. The molecule has 23 heavy (non-hydrogen) atoms. The highest BCUT2D eigenvalue weighted by Gasteiger charge is 2.17. The summed E-state index contributed by atoms with van der Waals surface area (Å²) in [5, 5.41) is 15.0. The molecule has 7 nitrogen and oxygen atoms in total. The maximum atomic E-state index is 11.7. The van der Waals surface area contributed by atoms with Gasteiger partial charge in [0.2, 0.25) is 0 Å². The van der Waals surface area contributed by atoms with Crippen molar-refractivity contribution in [2.75, 3.05) is 11.9 Å². The fourth-order valence-corrected chi connectivity index (χ4v) is 2.16. The Morgan fingerprint density at radius 2 is 2.13 bits per heavy atom. The lowest BCUT2D eigenvalue weighted by molar-refractivity contribution is -0.136. The van der Waals surface area contributed by atoms with Crippen LogP contribution >= 0.6 is 0 Å². The Hall–Kier alpha value is -2.67. The second kappa shape index (κ2) is 7.55. The normalized spacial score (nSPS) is 11.8. The van der Waals surface area contributed by atoms with Gasteiger partial charge in [0, 0.05) is 18.3 Å². The van der Waals surface area contributed by atoms with Crippen LogP contribution in [0.3, 0.4) is 0 Å². The number of carbonyl (C=O) groups is 2. The van der Waals surface area contributed by atoms with Crippen molar-refractivity contribution in [3.63, 3.8) is 0 Å². The molecule has 0 fully saturated rings. The van der Waals surface area contributed by atoms with E-state index in [1.807, 2.05) is 0 Å². The van der Waals surface area contributed by atoms with Crippen molar-refractivity contribution in [3.8, 4) is 0 Å². The van der Waals surface area contributed by atoms with E-state index >= 15 is 0 Å². The summed E-state index contributed by atoms with van der Waals surface area (Å²) in [6.07, 6.45) is 2.54. The van der Waals surface area contributed by atoms with Crippen LogP contribution in [0.25, 0.3) is 0 Å². The van der Waals surface area contributed by atoms with E-state index in [-0.39, 0.29) is 13.0 Å². The lowest BCUT2D eigenvalue weighted by atomic mass is 10.1. The highest BCUT2D eigenvalue weighted by atomic mass is 16.3. The number of aliphatic hydroxyl groups is 1. The maximum Gasteiger partial charge on any atom is 0.313 e. The highest BCUT2D eigenvalue weighted by molar-refractivity contribution is 6.39. The van der Waals surface area contributed by atoms with Crippen molar-refractivity contribution in [2.24, 2.45) is 0 Å². The number of amides is 2. The topological polar surface area (TPSA) is 104 Å². The summed E-state index contributed by atoms with van der Waals surface area (Å²) in [6.45, 7) is 3.74. The number of aromatic nitrogens is 1. The predicted octanol–water partition coefficient (Wildman–Crippen LogP) is 1.47. The number of hydrogen-bond donors (Lipinski definition) is 3. The lowest BCUT2D eigenvalue weighted by Crippen LogP contribution is -2.36. The monoisotopic (exact) mass is 317 g/mol. The first kappa shape index (κ1) is 16.7. The number of nitrogens with one attached hydrogen (secondary N) is 2. The first-order valence-electron chi connectivity index (χ1n) is 7.21. The van der Waals surface area contributed by atoms with E-state index in [1.54, 1.807) is 38.2 Å². The molecule has 0 saturated heterocycles. The molecule has 1 atom stereocenters. The molecule has 2 amide bonds. The van der Waals surface area contributed by atoms with Gasteiger partial charge in [-0.15, -0.1) is 0 Å². The van der Waals surface area contributed by atoms with Crippen molar-refractivity contribution in [3.05, 3.63) is 47.7 Å². The molecule has 0 aliphatic carbocycles. The number of hydrogen-bond acceptors (Lipinski definition) is 5. The van der Waals surface area contributed by atoms with Gasteiger partial charge in [-0.3, -0.25) is 14.6 Å². The Bertz CT molecular complexity index is 682. The van der Waals surface area contributed by atoms with E-state index < -0.39 is 17.9 Å². The minimum atomic E-state index is -0.775. The van der Waals surface area contributed by atoms with Gasteiger partial charge in [0.15, 0.2) is 0 Å². The van der Waals surface area contributed by atoms with Crippen LogP contribution in [0.15, 0.2) is 35.0 Å². The molecule has 0 bridgehead atoms. The molecular weight excluding hydrogens is 298 g/mol. The number of carbonyl (C=O) groups excluding carboxylic acids is 2. The minimum absolute atomic E-state index is 0.171. The number of pyridine rings is 1. The molecule has 7 heteroatoms. The molecule has 0 aromatic carbocycles. The van der Waals surface area contributed by atoms with Crippen LogP contribution in [0.4, 0.5) is 5.69 Å². The van der Waals surface area contributed by atoms with Crippen LogP contribution in [0, 0.1) is 13.8 Å². The van der Waals surface area contributed by atoms with Crippen LogP contribution in [0.5, 0.6) is 0 Å². The number of rotatable bonds is 5. The van der Waals surface area contributed by atoms with Crippen LogP contribution < -0.4 is 10.6 Å². The molecule has 2 aromatic rings. The largest absolute Gasteiger partial charge is 0.466 e. The SMILES string of the molecule is Cc1cc([C@H](O)CCNC(=O)C(=O)Nc2cccnc2)c(C)o1. The molecule has 0 radical (unpaired) electrons. The average Bonchev–Trinajstić information content (AvgIpc) is 2.86. The first-order valence-corrected chi connectivity index (χ1v) is 7.21. The fraction of sp³-hybridized carbons (Fsp3) is 0.312. The third-order valence-corrected chi connectivity index (χ3v) is 3.27. The maximum absolute atomic E-state index is 11.7. The van der Waals surface area contributed by atoms with Gasteiger partial charge in [0.05, 0.1) is 18.0 Å². The number of anilines is 1. The van der Waals surface area contributed by atoms with E-state index in [2.05, 4.69) is 15.6 Å². The molecule has 2 aromatic heterocycles. The Morgan fingerprint density at radius 3 is 2.74 bits per heavy atom. The molecule has 0 aliphatic rings. The van der Waals surface area contributed by atoms with Crippen molar-refractivity contribution in [2.45, 2.75) is 26.4 Å². The second-order valence-corrected chi connectivity index (χ2v) is 5.12. The van der Waals surface area contributed by atoms with Crippen LogP contribution in [-0.4, -0.2) is 28.4 Å². The Morgan fingerprint density at radius 1 is 1.35 bits per heavy atom. The Kier molecular flexibility index (Phi) is 5.48. The van der Waals surface area contributed by atoms with Gasteiger partial charge in [-0.1, -0.05) is 0 Å². The van der Waals surface area contributed by atoms with E-state index in [4.69, 9.17) is 4.42 Å². The lowest BCUT2D eigenvalue weighted by Gasteiger charge is -2.10. The first-order chi connectivity index (χ1) is 11.0. The van der Waals surface area contributed by atoms with Gasteiger partial charge < -0.3 is 20.2 Å². The number of aliphatic hydroxyl groups excluding tert-OH is 1. The molecule has 3 N–H and O–H groups in total. The van der Waals surface area contributed by atoms with Crippen molar-refractivity contribution >= 4 is 17.5 Å². The standard InChI is InChI=1S/C16H19N3O4/c1-10-8-13(11(2)23-10)14(20)5-7-18-15(21)16(22)19-12-4-3-6-17-9-12/h3-4,6,8-9,14,20H,5,7H2,1-2H3,(H,18,21)(H,19,22)/t14-/m1/s1. The third-order valence-electron chi connectivity index (χ3n) is 3.27. The molecule has 0 spiro atoms. The summed E-state index contributed by atoms with van der Waals surface area (Å²) in [7, 11) is 0. The summed E-state index contributed by atoms with van der Waals surface area (Å²) in [5.74, 6) is -0.170. The van der Waals surface area contributed by atoms with Gasteiger partial charge in [-0.2, -0.15) is 0 Å². The smallest absolute Gasteiger partial charge is 0.313 e. The van der Waals surface area contributed by atoms with Crippen molar-refractivity contribution < 1.29 is 19.1 Å². The third kappa shape index (κ3) is 4.65. The van der Waals surface area contributed by atoms with Gasteiger partial charge >= 0.3 is 11.8 Å². The Balaban J connectivity index is 1.78. The quantitative estimate of drug-likeness (QED) is 0.724. The summed E-state index contributed by atoms with van der Waals surface area (Å²) in [4.78, 5) is 27.2. The summed E-state index contributed by atoms with van der Waals surface area (Å²) >= 11 is 0. The van der Waals surface area contributed by atoms with E-state index in [1.165, 1.54) is 6.20 Å². The minimum Gasteiger partial charge on any atom is -0.466 e. The van der Waals surface area contributed by atoms with Crippen LogP contribution in [0.2, 0.25) is 0 Å². The summed E-state index contributed by atoms with van der Waals surface area (Å²) in [6, 6.07) is 5.04. The Labute approximate surface area is 133 Å². The van der Waals surface area contributed by atoms with E-state index in [9.17, 15) is 14.7 Å². The zero-order valence-electron chi connectivity index (χ0n) is 13.0. The van der Waals surface area contributed by atoms with Crippen molar-refractivity contribution in [1.29, 1.82) is 0 Å². The summed E-state index contributed by atoms with van der Waals surface area (Å²) < 4.78 is 5.35. The van der Waals surface area contributed by atoms with Crippen LogP contribution in [0.1, 0.15) is 29.6 Å². The second-order valence-electron chi connectivity index (χ2n) is 5.12. The molecule has 0 aliphatic heterocycles. The van der Waals surface area contributed by atoms with Gasteiger partial charge in [0.1, 0.15) is 11.5 Å². The van der Waals surface area contributed by atoms with Crippen LogP contribution in [-0.2, 0) is 9.59 Å². The van der Waals surface area contributed by atoms with Crippen molar-refractivity contribution in [1.82, 2.24) is 10.3 Å². The zero-order valence-corrected chi connectivity index (χ0v) is 13.0. The summed E-state index contributed by atoms with van der Waals surface area (Å²) in [5.41, 5.74) is 1.13. The zero-order chi connectivity index (χ0) is 16.8. The fourth-order valence-electron chi connectivity index (χ4n) is 2.16. The molecular formula is C16H19N3O4. The molecule has 0 saturated carbocycles. The van der Waals surface area contributed by atoms with E-state index in [0.717, 1.165) is 5.76 Å². The van der Waals surface area contributed by atoms with Gasteiger partial charge in [0.25, 0.3) is 0 Å². The van der Waals surface area contributed by atoms with E-state index in [0.29, 0.717) is 17.0 Å². The van der Waals surface area contributed by atoms with Gasteiger partial charge in [-0.25, -0.2) is 0 Å². The highest BCUT2D eigenvalue weighted by Crippen LogP contribution is 2.23. The number of nitrogens with zero attached hydrogens (tertiary/aromatic N) is 1. The number of furan rings is 1. The molecule has 2 rings (SSSR count). The molecule has 122 valence electrons.